The average molecular weight is 350 g/mol. The lowest BCUT2D eigenvalue weighted by Crippen LogP contribution is -2.66. The van der Waals surface area contributed by atoms with Gasteiger partial charge >= 0.3 is 0 Å². The van der Waals surface area contributed by atoms with Crippen molar-refractivity contribution in [3.05, 3.63) is 23.3 Å². The minimum Gasteiger partial charge on any atom is -0.392 e. The van der Waals surface area contributed by atoms with Crippen molar-refractivity contribution in [3.8, 4) is 0 Å². The van der Waals surface area contributed by atoms with E-state index in [-0.39, 0.29) is 23.2 Å². The highest BCUT2D eigenvalue weighted by Gasteiger charge is 2.75. The highest BCUT2D eigenvalue weighted by Crippen LogP contribution is 2.72. The number of rotatable bonds is 1. The van der Waals surface area contributed by atoms with Crippen molar-refractivity contribution in [2.75, 3.05) is 6.61 Å². The topological polar surface area (TPSA) is 101 Å². The van der Waals surface area contributed by atoms with Gasteiger partial charge in [-0.15, -0.1) is 0 Å². The minimum absolute atomic E-state index is 0.0853. The van der Waals surface area contributed by atoms with Crippen LogP contribution < -0.4 is 0 Å². The molecule has 4 rings (SSSR count). The SMILES string of the molecule is CC1=C[C@]23C(O)[C@@H](C=C(CO)[C@H](O)[C@]2(O)[C@@H]1O)[C@H]1[C@@H](C[C@H]3C)C1(C)C. The second kappa shape index (κ2) is 4.96. The molecule has 9 atom stereocenters. The molecule has 140 valence electrons. The molecule has 0 aromatic rings. The highest BCUT2D eigenvalue weighted by molar-refractivity contribution is 5.42. The Labute approximate surface area is 148 Å². The first-order chi connectivity index (χ1) is 11.5. The zero-order chi connectivity index (χ0) is 18.5. The molecular formula is C20H30O5. The second-order valence-electron chi connectivity index (χ2n) is 9.46. The third-order valence-corrected chi connectivity index (χ3v) is 8.20. The van der Waals surface area contributed by atoms with Gasteiger partial charge in [0, 0.05) is 5.92 Å². The maximum atomic E-state index is 11.6. The summed E-state index contributed by atoms with van der Waals surface area (Å²) < 4.78 is 0. The summed E-state index contributed by atoms with van der Waals surface area (Å²) in [6.45, 7) is 7.72. The van der Waals surface area contributed by atoms with Gasteiger partial charge in [0.15, 0.2) is 0 Å². The molecule has 4 aliphatic rings. The first-order valence-electron chi connectivity index (χ1n) is 9.32. The number of hydrogen-bond donors (Lipinski definition) is 5. The quantitative estimate of drug-likeness (QED) is 0.446. The first kappa shape index (κ1) is 17.7. The first-order valence-corrected chi connectivity index (χ1v) is 9.32. The van der Waals surface area contributed by atoms with Gasteiger partial charge in [-0.2, -0.15) is 0 Å². The molecule has 2 saturated carbocycles. The van der Waals surface area contributed by atoms with Gasteiger partial charge in [0.2, 0.25) is 0 Å². The van der Waals surface area contributed by atoms with E-state index in [2.05, 4.69) is 13.8 Å². The molecule has 0 aliphatic heterocycles. The van der Waals surface area contributed by atoms with Crippen LogP contribution in [0.25, 0.3) is 0 Å². The molecule has 5 N–H and O–H groups in total. The lowest BCUT2D eigenvalue weighted by Gasteiger charge is -2.51. The van der Waals surface area contributed by atoms with E-state index >= 15 is 0 Å². The summed E-state index contributed by atoms with van der Waals surface area (Å²) in [5.74, 6) is 0.292. The maximum Gasteiger partial charge on any atom is 0.136 e. The Morgan fingerprint density at radius 1 is 1.16 bits per heavy atom. The Bertz CT molecular complexity index is 667. The van der Waals surface area contributed by atoms with E-state index in [1.165, 1.54) is 0 Å². The van der Waals surface area contributed by atoms with E-state index in [4.69, 9.17) is 0 Å². The monoisotopic (exact) mass is 350 g/mol. The molecule has 0 heterocycles. The van der Waals surface area contributed by atoms with E-state index in [0.717, 1.165) is 6.42 Å². The summed E-state index contributed by atoms with van der Waals surface area (Å²) in [7, 11) is 0. The third kappa shape index (κ3) is 1.77. The van der Waals surface area contributed by atoms with E-state index in [9.17, 15) is 25.5 Å². The average Bonchev–Trinajstić information content (AvgIpc) is 3.05. The zero-order valence-corrected chi connectivity index (χ0v) is 15.3. The molecule has 0 radical (unpaired) electrons. The van der Waals surface area contributed by atoms with Crippen LogP contribution in [0.1, 0.15) is 34.1 Å². The summed E-state index contributed by atoms with van der Waals surface area (Å²) in [5.41, 5.74) is -2.11. The van der Waals surface area contributed by atoms with Gasteiger partial charge in [-0.1, -0.05) is 32.9 Å². The molecule has 2 fully saturated rings. The molecule has 0 saturated heterocycles. The van der Waals surface area contributed by atoms with Gasteiger partial charge in [0.25, 0.3) is 0 Å². The van der Waals surface area contributed by atoms with Crippen molar-refractivity contribution in [1.82, 2.24) is 0 Å². The van der Waals surface area contributed by atoms with Crippen LogP contribution in [0.5, 0.6) is 0 Å². The number of aliphatic hydroxyl groups is 5. The number of fused-ring (bicyclic) bond motifs is 3. The summed E-state index contributed by atoms with van der Waals surface area (Å²) in [4.78, 5) is 0. The van der Waals surface area contributed by atoms with E-state index in [1.807, 2.05) is 6.92 Å². The highest BCUT2D eigenvalue weighted by atomic mass is 16.4. The predicted molar refractivity (Wildman–Crippen MR) is 92.4 cm³/mol. The van der Waals surface area contributed by atoms with E-state index in [0.29, 0.717) is 17.1 Å². The van der Waals surface area contributed by atoms with Crippen LogP contribution in [0.4, 0.5) is 0 Å². The van der Waals surface area contributed by atoms with Crippen LogP contribution in [0.2, 0.25) is 0 Å². The molecular weight excluding hydrogens is 320 g/mol. The van der Waals surface area contributed by atoms with Gasteiger partial charge in [0.05, 0.1) is 18.1 Å². The standard InChI is InChI=1S/C20H30O5/c1-9-7-19-10(2)5-13-14(18(13,3)4)12(17(19)24)6-11(8-21)16(23)20(19,25)15(9)22/h6-7,10,12-17,21-25H,5,8H2,1-4H3/t10-,12+,13-,14+,15-,16+,17?,19+,20-/m1/s1. The maximum absolute atomic E-state index is 11.6. The lowest BCUT2D eigenvalue weighted by molar-refractivity contribution is -0.215. The fourth-order valence-electron chi connectivity index (χ4n) is 6.74. The van der Waals surface area contributed by atoms with E-state index in [1.54, 1.807) is 19.1 Å². The van der Waals surface area contributed by atoms with Crippen LogP contribution in [0, 0.1) is 34.5 Å². The van der Waals surface area contributed by atoms with Crippen LogP contribution in [-0.4, -0.2) is 56.1 Å². The normalized spacial score (nSPS) is 56.1. The van der Waals surface area contributed by atoms with Gasteiger partial charge in [-0.3, -0.25) is 0 Å². The molecule has 2 bridgehead atoms. The van der Waals surface area contributed by atoms with Crippen molar-refractivity contribution in [3.63, 3.8) is 0 Å². The summed E-state index contributed by atoms with van der Waals surface area (Å²) >= 11 is 0. The molecule has 0 aromatic heterocycles. The molecule has 25 heavy (non-hydrogen) atoms. The van der Waals surface area contributed by atoms with Gasteiger partial charge in [-0.05, 0) is 47.7 Å². The Morgan fingerprint density at radius 3 is 2.40 bits per heavy atom. The fraction of sp³-hybridized carbons (Fsp3) is 0.800. The Hall–Kier alpha value is -0.720. The molecule has 5 nitrogen and oxygen atoms in total. The molecule has 1 unspecified atom stereocenters. The Morgan fingerprint density at radius 2 is 1.80 bits per heavy atom. The van der Waals surface area contributed by atoms with Crippen LogP contribution >= 0.6 is 0 Å². The van der Waals surface area contributed by atoms with Crippen LogP contribution in [0.3, 0.4) is 0 Å². The zero-order valence-electron chi connectivity index (χ0n) is 15.3. The van der Waals surface area contributed by atoms with Crippen molar-refractivity contribution in [2.45, 2.75) is 58.0 Å². The molecule has 0 amide bonds. The third-order valence-electron chi connectivity index (χ3n) is 8.20. The van der Waals surface area contributed by atoms with Crippen molar-refractivity contribution < 1.29 is 25.5 Å². The number of hydrogen-bond acceptors (Lipinski definition) is 5. The Kier molecular flexibility index (Phi) is 3.51. The number of aliphatic hydroxyl groups excluding tert-OH is 4. The predicted octanol–water partition coefficient (Wildman–Crippen LogP) is 0.607. The lowest BCUT2D eigenvalue weighted by atomic mass is 9.58. The van der Waals surface area contributed by atoms with Crippen molar-refractivity contribution >= 4 is 0 Å². The summed E-state index contributed by atoms with van der Waals surface area (Å²) in [6.07, 6.45) is 0.801. The van der Waals surface area contributed by atoms with Gasteiger partial charge in [-0.25, -0.2) is 0 Å². The fourth-order valence-corrected chi connectivity index (χ4v) is 6.74. The summed E-state index contributed by atoms with van der Waals surface area (Å²) in [5, 5.41) is 54.7. The second-order valence-corrected chi connectivity index (χ2v) is 9.46. The van der Waals surface area contributed by atoms with Gasteiger partial charge in [0.1, 0.15) is 17.8 Å². The minimum atomic E-state index is -1.93. The molecule has 0 aromatic carbocycles. The molecule has 5 heteroatoms. The van der Waals surface area contributed by atoms with E-state index < -0.39 is 35.9 Å². The smallest absolute Gasteiger partial charge is 0.136 e. The summed E-state index contributed by atoms with van der Waals surface area (Å²) in [6, 6.07) is 0. The Balaban J connectivity index is 1.98. The largest absolute Gasteiger partial charge is 0.392 e. The molecule has 4 aliphatic carbocycles. The molecule has 1 spiro atoms. The van der Waals surface area contributed by atoms with Crippen molar-refractivity contribution in [1.29, 1.82) is 0 Å². The van der Waals surface area contributed by atoms with Crippen molar-refractivity contribution in [2.24, 2.45) is 34.5 Å². The van der Waals surface area contributed by atoms with Gasteiger partial charge < -0.3 is 25.5 Å². The van der Waals surface area contributed by atoms with Crippen LogP contribution in [0.15, 0.2) is 23.3 Å². The van der Waals surface area contributed by atoms with Crippen LogP contribution in [-0.2, 0) is 0 Å².